The van der Waals surface area contributed by atoms with Crippen molar-refractivity contribution in [2.24, 2.45) is 5.41 Å². The van der Waals surface area contributed by atoms with Crippen molar-refractivity contribution in [3.05, 3.63) is 18.2 Å². The van der Waals surface area contributed by atoms with Gasteiger partial charge in [0, 0.05) is 31.4 Å². The quantitative estimate of drug-likeness (QED) is 0.767. The van der Waals surface area contributed by atoms with Crippen molar-refractivity contribution < 1.29 is 0 Å². The minimum atomic E-state index is 0.332. The monoisotopic (exact) mass is 249 g/mol. The molecule has 1 aromatic heterocycles. The summed E-state index contributed by atoms with van der Waals surface area (Å²) in [6, 6.07) is 0.822. The van der Waals surface area contributed by atoms with Crippen molar-refractivity contribution in [1.29, 1.82) is 0 Å². The maximum atomic E-state index is 4.52. The Kier molecular flexibility index (Phi) is 4.44. The van der Waals surface area contributed by atoms with Gasteiger partial charge in [0.2, 0.25) is 0 Å². The van der Waals surface area contributed by atoms with Crippen LogP contribution in [0.5, 0.6) is 0 Å². The molecular formula is C15H27N3. The van der Waals surface area contributed by atoms with Gasteiger partial charge in [0.15, 0.2) is 0 Å². The molecule has 1 fully saturated rings. The number of hydrogen-bond donors (Lipinski definition) is 1. The van der Waals surface area contributed by atoms with Crippen LogP contribution in [0.25, 0.3) is 0 Å². The van der Waals surface area contributed by atoms with Crippen LogP contribution in [0.4, 0.5) is 0 Å². The molecule has 3 nitrogen and oxygen atoms in total. The summed E-state index contributed by atoms with van der Waals surface area (Å²) in [5, 5.41) is 3.60. The molecule has 1 aromatic rings. The fourth-order valence-electron chi connectivity index (χ4n) is 2.37. The molecule has 1 saturated carbocycles. The van der Waals surface area contributed by atoms with Crippen LogP contribution in [0.2, 0.25) is 0 Å². The summed E-state index contributed by atoms with van der Waals surface area (Å²) in [4.78, 5) is 4.52. The number of hydrogen-bond acceptors (Lipinski definition) is 2. The van der Waals surface area contributed by atoms with Gasteiger partial charge < -0.3 is 9.88 Å². The summed E-state index contributed by atoms with van der Waals surface area (Å²) >= 11 is 0. The highest BCUT2D eigenvalue weighted by atomic mass is 15.1. The van der Waals surface area contributed by atoms with Gasteiger partial charge >= 0.3 is 0 Å². The predicted molar refractivity (Wildman–Crippen MR) is 75.6 cm³/mol. The van der Waals surface area contributed by atoms with E-state index in [9.17, 15) is 0 Å². The summed E-state index contributed by atoms with van der Waals surface area (Å²) in [7, 11) is 0. The largest absolute Gasteiger partial charge is 0.335 e. The summed E-state index contributed by atoms with van der Waals surface area (Å²) in [6.07, 6.45) is 10.3. The van der Waals surface area contributed by atoms with Gasteiger partial charge in [-0.3, -0.25) is 0 Å². The molecule has 0 bridgehead atoms. The molecule has 0 saturated heterocycles. The van der Waals surface area contributed by atoms with Crippen molar-refractivity contribution in [1.82, 2.24) is 14.9 Å². The van der Waals surface area contributed by atoms with E-state index in [-0.39, 0.29) is 0 Å². The Labute approximate surface area is 111 Å². The minimum absolute atomic E-state index is 0.332. The van der Waals surface area contributed by atoms with E-state index in [0.29, 0.717) is 5.41 Å². The minimum Gasteiger partial charge on any atom is -0.335 e. The third kappa shape index (κ3) is 4.13. The van der Waals surface area contributed by atoms with Crippen LogP contribution in [-0.4, -0.2) is 22.1 Å². The smallest absolute Gasteiger partial charge is 0.109 e. The number of rotatable bonds is 8. The molecule has 1 aliphatic rings. The van der Waals surface area contributed by atoms with Crippen LogP contribution in [0.15, 0.2) is 12.4 Å². The van der Waals surface area contributed by atoms with E-state index in [4.69, 9.17) is 0 Å². The van der Waals surface area contributed by atoms with Crippen molar-refractivity contribution in [2.45, 2.75) is 65.5 Å². The van der Waals surface area contributed by atoms with E-state index in [2.05, 4.69) is 41.8 Å². The first kappa shape index (κ1) is 13.6. The molecular weight excluding hydrogens is 222 g/mol. The Bertz CT molecular complexity index is 364. The normalized spacial score (nSPS) is 16.2. The first-order valence-electron chi connectivity index (χ1n) is 7.34. The highest BCUT2D eigenvalue weighted by Gasteiger charge is 2.24. The van der Waals surface area contributed by atoms with Gasteiger partial charge in [-0.15, -0.1) is 0 Å². The predicted octanol–water partition coefficient (Wildman–Crippen LogP) is 3.00. The zero-order chi connectivity index (χ0) is 13.0. The lowest BCUT2D eigenvalue weighted by Gasteiger charge is -2.25. The lowest BCUT2D eigenvalue weighted by atomic mass is 9.85. The molecule has 0 amide bonds. The summed E-state index contributed by atoms with van der Waals surface area (Å²) in [5.74, 6) is 1.24. The highest BCUT2D eigenvalue weighted by molar-refractivity contribution is 4.96. The number of nitrogens with zero attached hydrogens (tertiary/aromatic N) is 2. The lowest BCUT2D eigenvalue weighted by Crippen LogP contribution is -2.26. The second kappa shape index (κ2) is 5.87. The van der Waals surface area contributed by atoms with E-state index in [1.165, 1.54) is 31.5 Å². The average Bonchev–Trinajstić information content (AvgIpc) is 3.02. The molecule has 1 N–H and O–H groups in total. The topological polar surface area (TPSA) is 29.9 Å². The summed E-state index contributed by atoms with van der Waals surface area (Å²) < 4.78 is 2.30. The second-order valence-electron chi connectivity index (χ2n) is 6.36. The van der Waals surface area contributed by atoms with Crippen LogP contribution in [0.3, 0.4) is 0 Å². The zero-order valence-electron chi connectivity index (χ0n) is 12.1. The Morgan fingerprint density at radius 1 is 1.44 bits per heavy atom. The van der Waals surface area contributed by atoms with Gasteiger partial charge in [-0.25, -0.2) is 4.98 Å². The molecule has 0 atom stereocenters. The highest BCUT2D eigenvalue weighted by Crippen LogP contribution is 2.26. The number of nitrogens with one attached hydrogen (secondary N) is 1. The van der Waals surface area contributed by atoms with Gasteiger partial charge in [0.1, 0.15) is 5.82 Å². The Balaban J connectivity index is 1.82. The molecule has 0 aromatic carbocycles. The zero-order valence-corrected chi connectivity index (χ0v) is 12.1. The van der Waals surface area contributed by atoms with Crippen LogP contribution >= 0.6 is 0 Å². The van der Waals surface area contributed by atoms with E-state index < -0.39 is 0 Å². The SMILES string of the molecule is CCCn1ccnc1CC(C)(C)CCNC1CC1. The van der Waals surface area contributed by atoms with Crippen LogP contribution in [0, 0.1) is 5.41 Å². The summed E-state index contributed by atoms with van der Waals surface area (Å²) in [6.45, 7) is 9.16. The number of aromatic nitrogens is 2. The maximum Gasteiger partial charge on any atom is 0.109 e. The molecule has 0 aliphatic heterocycles. The molecule has 3 heteroatoms. The Morgan fingerprint density at radius 3 is 2.89 bits per heavy atom. The molecule has 0 unspecified atom stereocenters. The van der Waals surface area contributed by atoms with E-state index >= 15 is 0 Å². The van der Waals surface area contributed by atoms with Crippen LogP contribution < -0.4 is 5.32 Å². The van der Waals surface area contributed by atoms with Crippen molar-refractivity contribution in [3.63, 3.8) is 0 Å². The first-order valence-corrected chi connectivity index (χ1v) is 7.34. The number of aryl methyl sites for hydroxylation is 1. The first-order chi connectivity index (χ1) is 8.61. The molecule has 1 aliphatic carbocycles. The standard InChI is InChI=1S/C15H27N3/c1-4-10-18-11-9-17-14(18)12-15(2,3)7-8-16-13-5-6-13/h9,11,13,16H,4-8,10,12H2,1-3H3. The third-order valence-corrected chi connectivity index (χ3v) is 3.72. The van der Waals surface area contributed by atoms with E-state index in [0.717, 1.165) is 25.6 Å². The van der Waals surface area contributed by atoms with Crippen molar-refractivity contribution in [2.75, 3.05) is 6.54 Å². The fourth-order valence-corrected chi connectivity index (χ4v) is 2.37. The Morgan fingerprint density at radius 2 is 2.22 bits per heavy atom. The van der Waals surface area contributed by atoms with Crippen LogP contribution in [0.1, 0.15) is 52.3 Å². The van der Waals surface area contributed by atoms with Gasteiger partial charge in [0.05, 0.1) is 0 Å². The number of imidazole rings is 1. The van der Waals surface area contributed by atoms with Gasteiger partial charge in [0.25, 0.3) is 0 Å². The van der Waals surface area contributed by atoms with E-state index in [1.807, 2.05) is 6.20 Å². The Hall–Kier alpha value is -0.830. The van der Waals surface area contributed by atoms with E-state index in [1.54, 1.807) is 0 Å². The molecule has 0 radical (unpaired) electrons. The van der Waals surface area contributed by atoms with Crippen molar-refractivity contribution in [3.8, 4) is 0 Å². The fraction of sp³-hybridized carbons (Fsp3) is 0.800. The molecule has 1 heterocycles. The molecule has 18 heavy (non-hydrogen) atoms. The van der Waals surface area contributed by atoms with Gasteiger partial charge in [-0.05, 0) is 37.6 Å². The molecule has 0 spiro atoms. The second-order valence-corrected chi connectivity index (χ2v) is 6.36. The maximum absolute atomic E-state index is 4.52. The lowest BCUT2D eigenvalue weighted by molar-refractivity contribution is 0.313. The third-order valence-electron chi connectivity index (χ3n) is 3.72. The van der Waals surface area contributed by atoms with Gasteiger partial charge in [-0.2, -0.15) is 0 Å². The van der Waals surface area contributed by atoms with Crippen molar-refractivity contribution >= 4 is 0 Å². The van der Waals surface area contributed by atoms with Gasteiger partial charge in [-0.1, -0.05) is 20.8 Å². The average molecular weight is 249 g/mol. The molecule has 2 rings (SSSR count). The summed E-state index contributed by atoms with van der Waals surface area (Å²) in [5.41, 5.74) is 0.332. The van der Waals surface area contributed by atoms with Crippen LogP contribution in [-0.2, 0) is 13.0 Å². The molecule has 102 valence electrons.